The van der Waals surface area contributed by atoms with Crippen LogP contribution in [0, 0.1) is 0 Å². The zero-order valence-corrected chi connectivity index (χ0v) is 13.5. The van der Waals surface area contributed by atoms with Crippen LogP contribution in [0.15, 0.2) is 11.2 Å². The van der Waals surface area contributed by atoms with Crippen molar-refractivity contribution in [2.75, 3.05) is 41.9 Å². The van der Waals surface area contributed by atoms with Crippen LogP contribution in [-0.2, 0) is 0 Å². The fourth-order valence-electron chi connectivity index (χ4n) is 2.04. The van der Waals surface area contributed by atoms with Crippen molar-refractivity contribution in [2.45, 2.75) is 30.7 Å². The van der Waals surface area contributed by atoms with E-state index in [4.69, 9.17) is 0 Å². The molecule has 0 aliphatic carbocycles. The van der Waals surface area contributed by atoms with E-state index in [9.17, 15) is 0 Å². The highest BCUT2D eigenvalue weighted by atomic mass is 32.2. The highest BCUT2D eigenvalue weighted by Crippen LogP contribution is 2.25. The fourth-order valence-corrected chi connectivity index (χ4v) is 3.42. The van der Waals surface area contributed by atoms with Gasteiger partial charge in [-0.25, -0.2) is 9.97 Å². The molecule has 0 amide bonds. The van der Waals surface area contributed by atoms with Crippen LogP contribution in [0.4, 0.5) is 11.6 Å². The van der Waals surface area contributed by atoms with Crippen molar-refractivity contribution < 1.29 is 0 Å². The van der Waals surface area contributed by atoms with Crippen molar-refractivity contribution in [3.8, 4) is 0 Å². The van der Waals surface area contributed by atoms with E-state index in [0.717, 1.165) is 42.8 Å². The first-order valence-corrected chi connectivity index (χ1v) is 9.03. The lowest BCUT2D eigenvalue weighted by molar-refractivity contribution is 0.757. The average Bonchev–Trinajstić information content (AvgIpc) is 2.44. The van der Waals surface area contributed by atoms with Gasteiger partial charge in [-0.05, 0) is 12.7 Å². The van der Waals surface area contributed by atoms with Crippen molar-refractivity contribution in [1.82, 2.24) is 9.97 Å². The maximum absolute atomic E-state index is 4.65. The molecule has 1 saturated heterocycles. The monoisotopic (exact) mass is 298 g/mol. The minimum Gasteiger partial charge on any atom is -0.370 e. The molecule has 1 aromatic rings. The number of thioether (sulfide) groups is 2. The van der Waals surface area contributed by atoms with E-state index in [1.165, 1.54) is 5.75 Å². The van der Waals surface area contributed by atoms with Crippen molar-refractivity contribution in [3.63, 3.8) is 0 Å². The van der Waals surface area contributed by atoms with Crippen molar-refractivity contribution in [1.29, 1.82) is 0 Å². The molecule has 1 unspecified atom stereocenters. The van der Waals surface area contributed by atoms with Crippen LogP contribution in [0.1, 0.15) is 20.3 Å². The van der Waals surface area contributed by atoms with E-state index in [1.54, 1.807) is 11.8 Å². The second kappa shape index (κ2) is 7.24. The molecule has 1 N–H and O–H groups in total. The SMILES string of the molecule is CCCNc1cc(N2CCSC(C)C2)nc(SC)n1. The molecular weight excluding hydrogens is 276 g/mol. The number of anilines is 2. The van der Waals surface area contributed by atoms with Crippen molar-refractivity contribution in [3.05, 3.63) is 6.07 Å². The summed E-state index contributed by atoms with van der Waals surface area (Å²) < 4.78 is 0. The first-order chi connectivity index (χ1) is 9.22. The van der Waals surface area contributed by atoms with Crippen LogP contribution in [0.25, 0.3) is 0 Å². The van der Waals surface area contributed by atoms with Crippen LogP contribution in [-0.4, -0.2) is 46.9 Å². The first-order valence-electron chi connectivity index (χ1n) is 6.76. The highest BCUT2D eigenvalue weighted by molar-refractivity contribution is 8.00. The summed E-state index contributed by atoms with van der Waals surface area (Å²) in [6, 6.07) is 2.08. The van der Waals surface area contributed by atoms with E-state index in [-0.39, 0.29) is 0 Å². The van der Waals surface area contributed by atoms with Crippen LogP contribution in [0.5, 0.6) is 0 Å². The third-order valence-electron chi connectivity index (χ3n) is 3.00. The summed E-state index contributed by atoms with van der Waals surface area (Å²) in [5, 5.41) is 4.89. The van der Waals surface area contributed by atoms with E-state index in [1.807, 2.05) is 18.0 Å². The number of nitrogens with zero attached hydrogens (tertiary/aromatic N) is 3. The Labute approximate surface area is 124 Å². The van der Waals surface area contributed by atoms with E-state index in [0.29, 0.717) is 5.25 Å². The Morgan fingerprint density at radius 1 is 1.53 bits per heavy atom. The molecule has 1 fully saturated rings. The normalized spacial score (nSPS) is 19.5. The van der Waals surface area contributed by atoms with Gasteiger partial charge in [0.15, 0.2) is 5.16 Å². The number of hydrogen-bond donors (Lipinski definition) is 1. The van der Waals surface area contributed by atoms with E-state index in [2.05, 4.69) is 40.1 Å². The van der Waals surface area contributed by atoms with Gasteiger partial charge in [0.25, 0.3) is 0 Å². The zero-order chi connectivity index (χ0) is 13.7. The van der Waals surface area contributed by atoms with E-state index < -0.39 is 0 Å². The zero-order valence-electron chi connectivity index (χ0n) is 11.8. The molecule has 1 aliphatic heterocycles. The predicted octanol–water partition coefficient (Wildman–Crippen LogP) is 2.96. The molecular formula is C13H22N4S2. The molecule has 6 heteroatoms. The predicted molar refractivity (Wildman–Crippen MR) is 86.7 cm³/mol. The summed E-state index contributed by atoms with van der Waals surface area (Å²) in [4.78, 5) is 11.5. The second-order valence-corrected chi connectivity index (χ2v) is 6.97. The third-order valence-corrected chi connectivity index (χ3v) is 4.68. The van der Waals surface area contributed by atoms with Crippen LogP contribution in [0.3, 0.4) is 0 Å². The van der Waals surface area contributed by atoms with Crippen molar-refractivity contribution >= 4 is 35.2 Å². The Morgan fingerprint density at radius 2 is 2.37 bits per heavy atom. The molecule has 19 heavy (non-hydrogen) atoms. The van der Waals surface area contributed by atoms with E-state index >= 15 is 0 Å². The standard InChI is InChI=1S/C13H22N4S2/c1-4-5-14-11-8-12(16-13(15-11)18-3)17-6-7-19-10(2)9-17/h8,10H,4-7,9H2,1-3H3,(H,14,15,16). The Balaban J connectivity index is 2.17. The van der Waals surface area contributed by atoms with Gasteiger partial charge in [-0.1, -0.05) is 25.6 Å². The number of hydrogen-bond acceptors (Lipinski definition) is 6. The van der Waals surface area contributed by atoms with Gasteiger partial charge in [-0.15, -0.1) is 0 Å². The van der Waals surface area contributed by atoms with Gasteiger partial charge in [-0.3, -0.25) is 0 Å². The molecule has 4 nitrogen and oxygen atoms in total. The average molecular weight is 298 g/mol. The summed E-state index contributed by atoms with van der Waals surface area (Å²) in [7, 11) is 0. The summed E-state index contributed by atoms with van der Waals surface area (Å²) in [5.74, 6) is 3.18. The summed E-state index contributed by atoms with van der Waals surface area (Å²) >= 11 is 3.64. The van der Waals surface area contributed by atoms with Gasteiger partial charge in [0.1, 0.15) is 11.6 Å². The fraction of sp³-hybridized carbons (Fsp3) is 0.692. The minimum atomic E-state index is 0.675. The summed E-state index contributed by atoms with van der Waals surface area (Å²) in [6.45, 7) is 7.55. The maximum atomic E-state index is 4.65. The number of nitrogens with one attached hydrogen (secondary N) is 1. The number of rotatable bonds is 5. The van der Waals surface area contributed by atoms with Gasteiger partial charge in [0, 0.05) is 36.7 Å². The second-order valence-electron chi connectivity index (χ2n) is 4.65. The van der Waals surface area contributed by atoms with Crippen LogP contribution < -0.4 is 10.2 Å². The van der Waals surface area contributed by atoms with Gasteiger partial charge in [0.2, 0.25) is 0 Å². The molecule has 2 heterocycles. The summed E-state index contributed by atoms with van der Waals surface area (Å²) in [5.41, 5.74) is 0. The lowest BCUT2D eigenvalue weighted by Gasteiger charge is -2.31. The minimum absolute atomic E-state index is 0.675. The van der Waals surface area contributed by atoms with Gasteiger partial charge < -0.3 is 10.2 Å². The quantitative estimate of drug-likeness (QED) is 0.666. The highest BCUT2D eigenvalue weighted by Gasteiger charge is 2.19. The topological polar surface area (TPSA) is 41.0 Å². The summed E-state index contributed by atoms with van der Waals surface area (Å²) in [6.07, 6.45) is 3.13. The number of aromatic nitrogens is 2. The molecule has 2 rings (SSSR count). The molecule has 0 spiro atoms. The molecule has 0 radical (unpaired) electrons. The molecule has 0 aromatic carbocycles. The van der Waals surface area contributed by atoms with Gasteiger partial charge in [-0.2, -0.15) is 11.8 Å². The smallest absolute Gasteiger partial charge is 0.191 e. The van der Waals surface area contributed by atoms with Crippen LogP contribution >= 0.6 is 23.5 Å². The molecule has 106 valence electrons. The molecule has 0 saturated carbocycles. The molecule has 1 aromatic heterocycles. The lowest BCUT2D eigenvalue weighted by atomic mass is 10.3. The van der Waals surface area contributed by atoms with Gasteiger partial charge in [0.05, 0.1) is 0 Å². The Morgan fingerprint density at radius 3 is 3.05 bits per heavy atom. The largest absolute Gasteiger partial charge is 0.370 e. The molecule has 1 aliphatic rings. The van der Waals surface area contributed by atoms with Crippen molar-refractivity contribution in [2.24, 2.45) is 0 Å². The maximum Gasteiger partial charge on any atom is 0.191 e. The van der Waals surface area contributed by atoms with Gasteiger partial charge >= 0.3 is 0 Å². The van der Waals surface area contributed by atoms with Crippen LogP contribution in [0.2, 0.25) is 0 Å². The Bertz CT molecular complexity index is 414. The lowest BCUT2D eigenvalue weighted by Crippen LogP contribution is -2.37. The Hall–Kier alpha value is -0.620. The first kappa shape index (κ1) is 14.8. The Kier molecular flexibility index (Phi) is 5.63. The molecule has 0 bridgehead atoms. The molecule has 1 atom stereocenters. The third kappa shape index (κ3) is 4.18.